The fourth-order valence-electron chi connectivity index (χ4n) is 0.840. The van der Waals surface area contributed by atoms with Crippen LogP contribution in [-0.2, 0) is 4.74 Å². The van der Waals surface area contributed by atoms with E-state index in [0.717, 1.165) is 17.8 Å². The third-order valence-electron chi connectivity index (χ3n) is 1.56. The summed E-state index contributed by atoms with van der Waals surface area (Å²) in [5.74, 6) is -0.308. The third-order valence-corrected chi connectivity index (χ3v) is 2.33. The first-order valence-corrected chi connectivity index (χ1v) is 5.21. The molecule has 0 amide bonds. The van der Waals surface area contributed by atoms with Crippen molar-refractivity contribution < 1.29 is 9.53 Å². The van der Waals surface area contributed by atoms with Gasteiger partial charge in [0.25, 0.3) is 0 Å². The van der Waals surface area contributed by atoms with Crippen LogP contribution in [0.2, 0.25) is 0 Å². The van der Waals surface area contributed by atoms with Gasteiger partial charge in [0.05, 0.1) is 11.6 Å². The minimum Gasteiger partial charge on any atom is -0.461 e. The number of carbonyl (C=O) groups excluding carboxylic acids is 1. The molecule has 1 heterocycles. The number of unbranched alkanes of at least 4 members (excludes halogenated alkanes) is 1. The molecule has 0 aliphatic rings. The highest BCUT2D eigenvalue weighted by Gasteiger charge is 2.09. The van der Waals surface area contributed by atoms with Crippen molar-refractivity contribution in [3.8, 4) is 0 Å². The Hall–Kier alpha value is -0.900. The number of aromatic nitrogens is 1. The molecule has 0 aliphatic heterocycles. The number of rotatable bonds is 4. The van der Waals surface area contributed by atoms with Gasteiger partial charge in [0.2, 0.25) is 0 Å². The number of carbonyl (C=O) groups is 1. The van der Waals surface area contributed by atoms with E-state index in [9.17, 15) is 4.79 Å². The molecule has 0 aliphatic carbocycles. The maximum absolute atomic E-state index is 11.3. The lowest BCUT2D eigenvalue weighted by molar-refractivity contribution is 0.0493. The van der Waals surface area contributed by atoms with E-state index < -0.39 is 0 Å². The van der Waals surface area contributed by atoms with Crippen LogP contribution >= 0.6 is 11.3 Å². The number of thiazole rings is 1. The quantitative estimate of drug-likeness (QED) is 0.552. The fourth-order valence-corrected chi connectivity index (χ4v) is 1.42. The van der Waals surface area contributed by atoms with Gasteiger partial charge in [0.1, 0.15) is 0 Å². The zero-order chi connectivity index (χ0) is 9.68. The molecule has 0 saturated carbocycles. The van der Waals surface area contributed by atoms with Gasteiger partial charge in [-0.1, -0.05) is 13.3 Å². The average Bonchev–Trinajstić information content (AvgIpc) is 2.52. The van der Waals surface area contributed by atoms with Crippen molar-refractivity contribution in [2.24, 2.45) is 0 Å². The van der Waals surface area contributed by atoms with Gasteiger partial charge in [-0.15, -0.1) is 11.3 Å². The number of esters is 1. The standard InChI is InChI=1S/C9H13NO2S/c1-3-4-5-12-9(11)8-6-13-7(2)10-8/h6H,3-5H2,1-2H3. The molecule has 0 radical (unpaired) electrons. The minimum absolute atomic E-state index is 0.308. The Kier molecular flexibility index (Phi) is 3.89. The highest BCUT2D eigenvalue weighted by atomic mass is 32.1. The number of hydrogen-bond acceptors (Lipinski definition) is 4. The molecule has 0 atom stereocenters. The van der Waals surface area contributed by atoms with E-state index in [0.29, 0.717) is 12.3 Å². The van der Waals surface area contributed by atoms with E-state index in [-0.39, 0.29) is 5.97 Å². The Morgan fingerprint density at radius 2 is 2.46 bits per heavy atom. The molecule has 0 saturated heterocycles. The van der Waals surface area contributed by atoms with Crippen molar-refractivity contribution in [3.63, 3.8) is 0 Å². The van der Waals surface area contributed by atoms with Crippen molar-refractivity contribution in [1.82, 2.24) is 4.98 Å². The summed E-state index contributed by atoms with van der Waals surface area (Å²) in [7, 11) is 0. The smallest absolute Gasteiger partial charge is 0.357 e. The largest absolute Gasteiger partial charge is 0.461 e. The molecule has 0 unspecified atom stereocenters. The second kappa shape index (κ2) is 4.97. The first-order chi connectivity index (χ1) is 6.24. The van der Waals surface area contributed by atoms with E-state index in [2.05, 4.69) is 11.9 Å². The summed E-state index contributed by atoms with van der Waals surface area (Å²) in [5, 5.41) is 2.62. The van der Waals surface area contributed by atoms with Crippen LogP contribution in [0.25, 0.3) is 0 Å². The predicted octanol–water partition coefficient (Wildman–Crippen LogP) is 2.41. The zero-order valence-electron chi connectivity index (χ0n) is 7.87. The highest BCUT2D eigenvalue weighted by Crippen LogP contribution is 2.09. The first-order valence-electron chi connectivity index (χ1n) is 4.33. The van der Waals surface area contributed by atoms with Crippen LogP contribution in [0.5, 0.6) is 0 Å². The van der Waals surface area contributed by atoms with Crippen LogP contribution in [0.15, 0.2) is 5.38 Å². The van der Waals surface area contributed by atoms with Gasteiger partial charge in [-0.2, -0.15) is 0 Å². The van der Waals surface area contributed by atoms with Crippen molar-refractivity contribution in [2.75, 3.05) is 6.61 Å². The van der Waals surface area contributed by atoms with Gasteiger partial charge in [-0.05, 0) is 13.3 Å². The average molecular weight is 199 g/mol. The maximum atomic E-state index is 11.3. The lowest BCUT2D eigenvalue weighted by Gasteiger charge is -1.99. The second-order valence-corrected chi connectivity index (χ2v) is 3.80. The fraction of sp³-hybridized carbons (Fsp3) is 0.556. The normalized spacial score (nSPS) is 10.0. The van der Waals surface area contributed by atoms with Crippen LogP contribution in [-0.4, -0.2) is 17.6 Å². The number of ether oxygens (including phenoxy) is 1. The van der Waals surface area contributed by atoms with Crippen LogP contribution in [0, 0.1) is 6.92 Å². The SMILES string of the molecule is CCCCOC(=O)c1csc(C)n1. The van der Waals surface area contributed by atoms with E-state index >= 15 is 0 Å². The Balaban J connectivity index is 2.40. The van der Waals surface area contributed by atoms with Gasteiger partial charge in [-0.25, -0.2) is 9.78 Å². The summed E-state index contributed by atoms with van der Waals surface area (Å²) in [5.41, 5.74) is 0.429. The monoisotopic (exact) mass is 199 g/mol. The van der Waals surface area contributed by atoms with Crippen LogP contribution in [0.1, 0.15) is 35.3 Å². The molecule has 0 fully saturated rings. The van der Waals surface area contributed by atoms with E-state index in [1.54, 1.807) is 5.38 Å². The highest BCUT2D eigenvalue weighted by molar-refractivity contribution is 7.09. The lowest BCUT2D eigenvalue weighted by Crippen LogP contribution is -2.06. The minimum atomic E-state index is -0.308. The first kappa shape index (κ1) is 10.2. The molecule has 1 aromatic heterocycles. The molecule has 1 aromatic rings. The summed E-state index contributed by atoms with van der Waals surface area (Å²) in [6, 6.07) is 0. The lowest BCUT2D eigenvalue weighted by atomic mass is 10.4. The van der Waals surface area contributed by atoms with Crippen LogP contribution in [0.4, 0.5) is 0 Å². The molecule has 72 valence electrons. The number of hydrogen-bond donors (Lipinski definition) is 0. The molecule has 0 aromatic carbocycles. The van der Waals surface area contributed by atoms with Gasteiger partial charge in [-0.3, -0.25) is 0 Å². The summed E-state index contributed by atoms with van der Waals surface area (Å²) in [6.45, 7) is 4.42. The van der Waals surface area contributed by atoms with E-state index in [1.807, 2.05) is 6.92 Å². The summed E-state index contributed by atoms with van der Waals surface area (Å²) >= 11 is 1.46. The molecular formula is C9H13NO2S. The van der Waals surface area contributed by atoms with Gasteiger partial charge in [0, 0.05) is 5.38 Å². The molecule has 0 N–H and O–H groups in total. The van der Waals surface area contributed by atoms with E-state index in [4.69, 9.17) is 4.74 Å². The Bertz CT molecular complexity index is 283. The third kappa shape index (κ3) is 3.14. The summed E-state index contributed by atoms with van der Waals surface area (Å²) in [6.07, 6.45) is 1.94. The van der Waals surface area contributed by atoms with Crippen molar-refractivity contribution >= 4 is 17.3 Å². The van der Waals surface area contributed by atoms with Gasteiger partial charge >= 0.3 is 5.97 Å². The second-order valence-electron chi connectivity index (χ2n) is 2.74. The molecule has 0 spiro atoms. The van der Waals surface area contributed by atoms with Crippen molar-refractivity contribution in [2.45, 2.75) is 26.7 Å². The van der Waals surface area contributed by atoms with Crippen molar-refractivity contribution in [3.05, 3.63) is 16.1 Å². The molecule has 4 heteroatoms. The van der Waals surface area contributed by atoms with E-state index in [1.165, 1.54) is 11.3 Å². The Morgan fingerprint density at radius 3 is 3.00 bits per heavy atom. The van der Waals surface area contributed by atoms with Gasteiger partial charge < -0.3 is 4.74 Å². The summed E-state index contributed by atoms with van der Waals surface area (Å²) < 4.78 is 4.99. The topological polar surface area (TPSA) is 39.2 Å². The van der Waals surface area contributed by atoms with Crippen LogP contribution < -0.4 is 0 Å². The zero-order valence-corrected chi connectivity index (χ0v) is 8.69. The molecule has 3 nitrogen and oxygen atoms in total. The Morgan fingerprint density at radius 1 is 1.69 bits per heavy atom. The Labute approximate surface area is 81.8 Å². The molecule has 13 heavy (non-hydrogen) atoms. The number of aryl methyl sites for hydroxylation is 1. The van der Waals surface area contributed by atoms with Crippen LogP contribution in [0.3, 0.4) is 0 Å². The molecule has 0 bridgehead atoms. The van der Waals surface area contributed by atoms with Gasteiger partial charge in [0.15, 0.2) is 5.69 Å². The molecular weight excluding hydrogens is 186 g/mol. The summed E-state index contributed by atoms with van der Waals surface area (Å²) in [4.78, 5) is 15.3. The van der Waals surface area contributed by atoms with Crippen molar-refractivity contribution in [1.29, 1.82) is 0 Å². The molecule has 1 rings (SSSR count). The predicted molar refractivity (Wildman–Crippen MR) is 52.0 cm³/mol. The maximum Gasteiger partial charge on any atom is 0.357 e. The number of nitrogens with zero attached hydrogens (tertiary/aromatic N) is 1.